The van der Waals surface area contributed by atoms with Crippen LogP contribution in [0.1, 0.15) is 33.9 Å². The van der Waals surface area contributed by atoms with E-state index in [0.717, 1.165) is 33.6 Å². The fourth-order valence-corrected chi connectivity index (χ4v) is 4.93. The van der Waals surface area contributed by atoms with E-state index in [-0.39, 0.29) is 0 Å². The molecule has 5 nitrogen and oxygen atoms in total. The van der Waals surface area contributed by atoms with Crippen molar-refractivity contribution in [3.8, 4) is 23.0 Å². The topological polar surface area (TPSA) is 57.2 Å². The lowest BCUT2D eigenvalue weighted by Gasteiger charge is -2.32. The largest absolute Gasteiger partial charge is 0.489 e. The van der Waals surface area contributed by atoms with Gasteiger partial charge < -0.3 is 24.1 Å². The maximum absolute atomic E-state index is 11.2. The van der Waals surface area contributed by atoms with Gasteiger partial charge in [-0.15, -0.1) is 0 Å². The van der Waals surface area contributed by atoms with Crippen LogP contribution < -0.4 is 18.9 Å². The molecule has 5 aromatic rings. The molecule has 206 valence electrons. The Morgan fingerprint density at radius 1 is 0.585 bits per heavy atom. The number of rotatable bonds is 10. The standard InChI is InChI=1S/C36H32O5/c37-33-22-32-34(40-25-28-15-8-3-9-16-28)20-31(39-24-27-13-6-2-7-14-27)21-35(32)41-36(33)29-17-10-18-30(19-29)38-23-26-11-4-1-5-12-26/h1-21,33,36-37H,22-25H2/t33-,36-/m1/s1. The Kier molecular flexibility index (Phi) is 8.15. The second-order valence-electron chi connectivity index (χ2n) is 10.1. The molecule has 6 rings (SSSR count). The molecule has 1 aliphatic heterocycles. The lowest BCUT2D eigenvalue weighted by atomic mass is 9.94. The molecule has 5 aromatic carbocycles. The van der Waals surface area contributed by atoms with Crippen molar-refractivity contribution in [2.75, 3.05) is 0 Å². The highest BCUT2D eigenvalue weighted by Crippen LogP contribution is 2.43. The van der Waals surface area contributed by atoms with Gasteiger partial charge in [0.2, 0.25) is 0 Å². The molecule has 41 heavy (non-hydrogen) atoms. The van der Waals surface area contributed by atoms with Crippen molar-refractivity contribution >= 4 is 0 Å². The zero-order chi connectivity index (χ0) is 27.9. The fraction of sp³-hybridized carbons (Fsp3) is 0.167. The minimum Gasteiger partial charge on any atom is -0.489 e. The predicted molar refractivity (Wildman–Crippen MR) is 158 cm³/mol. The highest BCUT2D eigenvalue weighted by Gasteiger charge is 2.33. The van der Waals surface area contributed by atoms with Gasteiger partial charge in [-0.3, -0.25) is 0 Å². The van der Waals surface area contributed by atoms with E-state index < -0.39 is 12.2 Å². The number of aliphatic hydroxyl groups is 1. The van der Waals surface area contributed by atoms with Gasteiger partial charge in [0.1, 0.15) is 48.9 Å². The summed E-state index contributed by atoms with van der Waals surface area (Å²) in [6.07, 6.45) is -0.936. The Bertz CT molecular complexity index is 1550. The molecule has 0 bridgehead atoms. The predicted octanol–water partition coefficient (Wildman–Crippen LogP) is 7.46. The highest BCUT2D eigenvalue weighted by molar-refractivity contribution is 5.53. The lowest BCUT2D eigenvalue weighted by Crippen LogP contribution is -2.30. The summed E-state index contributed by atoms with van der Waals surface area (Å²) in [5.74, 6) is 2.65. The Morgan fingerprint density at radius 3 is 1.76 bits per heavy atom. The van der Waals surface area contributed by atoms with E-state index in [1.54, 1.807) is 0 Å². The van der Waals surface area contributed by atoms with Crippen molar-refractivity contribution in [2.45, 2.75) is 38.4 Å². The van der Waals surface area contributed by atoms with Gasteiger partial charge in [-0.2, -0.15) is 0 Å². The molecule has 0 aromatic heterocycles. The SMILES string of the molecule is O[C@@H]1Cc2c(OCc3ccccc3)cc(OCc3ccccc3)cc2O[C@@H]1c1cccc(OCc2ccccc2)c1. The summed E-state index contributed by atoms with van der Waals surface area (Å²) in [7, 11) is 0. The van der Waals surface area contributed by atoms with E-state index >= 15 is 0 Å². The molecule has 0 spiro atoms. The summed E-state index contributed by atoms with van der Waals surface area (Å²) in [5, 5.41) is 11.2. The van der Waals surface area contributed by atoms with Gasteiger partial charge in [0, 0.05) is 24.1 Å². The zero-order valence-electron chi connectivity index (χ0n) is 22.7. The van der Waals surface area contributed by atoms with E-state index in [9.17, 15) is 5.11 Å². The summed E-state index contributed by atoms with van der Waals surface area (Å²) in [5.41, 5.74) is 4.88. The number of hydrogen-bond donors (Lipinski definition) is 1. The monoisotopic (exact) mass is 544 g/mol. The number of aliphatic hydroxyl groups excluding tert-OH is 1. The van der Waals surface area contributed by atoms with Crippen molar-refractivity contribution in [2.24, 2.45) is 0 Å². The molecular weight excluding hydrogens is 512 g/mol. The molecule has 0 radical (unpaired) electrons. The van der Waals surface area contributed by atoms with Gasteiger partial charge in [-0.25, -0.2) is 0 Å². The highest BCUT2D eigenvalue weighted by atomic mass is 16.5. The number of ether oxygens (including phenoxy) is 4. The number of benzene rings is 5. The van der Waals surface area contributed by atoms with E-state index in [1.807, 2.05) is 127 Å². The second kappa shape index (κ2) is 12.6. The average Bonchev–Trinajstić information content (AvgIpc) is 3.03. The second-order valence-corrected chi connectivity index (χ2v) is 10.1. The van der Waals surface area contributed by atoms with Gasteiger partial charge in [0.05, 0.1) is 6.10 Å². The third-order valence-electron chi connectivity index (χ3n) is 7.08. The minimum atomic E-state index is -0.762. The van der Waals surface area contributed by atoms with E-state index in [4.69, 9.17) is 18.9 Å². The quantitative estimate of drug-likeness (QED) is 0.198. The summed E-state index contributed by atoms with van der Waals surface area (Å²) in [6.45, 7) is 1.28. The van der Waals surface area contributed by atoms with Gasteiger partial charge >= 0.3 is 0 Å². The van der Waals surface area contributed by atoms with E-state index in [2.05, 4.69) is 0 Å². The molecule has 0 saturated heterocycles. The number of fused-ring (bicyclic) bond motifs is 1. The van der Waals surface area contributed by atoms with Crippen LogP contribution in [0.5, 0.6) is 23.0 Å². The summed E-state index contributed by atoms with van der Waals surface area (Å²) in [6, 6.07) is 41.6. The average molecular weight is 545 g/mol. The first kappa shape index (κ1) is 26.5. The van der Waals surface area contributed by atoms with Crippen molar-refractivity contribution in [3.05, 3.63) is 155 Å². The fourth-order valence-electron chi connectivity index (χ4n) is 4.93. The Balaban J connectivity index is 1.24. The molecule has 1 N–H and O–H groups in total. The molecule has 1 aliphatic rings. The van der Waals surface area contributed by atoms with Crippen LogP contribution >= 0.6 is 0 Å². The molecule has 0 fully saturated rings. The van der Waals surface area contributed by atoms with Crippen molar-refractivity contribution in [3.63, 3.8) is 0 Å². The lowest BCUT2D eigenvalue weighted by molar-refractivity contribution is 0.0193. The van der Waals surface area contributed by atoms with E-state index in [0.29, 0.717) is 43.5 Å². The Morgan fingerprint density at radius 2 is 1.15 bits per heavy atom. The maximum atomic E-state index is 11.2. The van der Waals surface area contributed by atoms with Crippen molar-refractivity contribution < 1.29 is 24.1 Å². The first-order valence-corrected chi connectivity index (χ1v) is 13.8. The smallest absolute Gasteiger partial charge is 0.150 e. The van der Waals surface area contributed by atoms with E-state index in [1.165, 1.54) is 0 Å². The van der Waals surface area contributed by atoms with Crippen LogP contribution in [0.3, 0.4) is 0 Å². The molecule has 0 saturated carbocycles. The van der Waals surface area contributed by atoms with Crippen LogP contribution in [0.2, 0.25) is 0 Å². The first-order valence-electron chi connectivity index (χ1n) is 13.8. The molecule has 1 heterocycles. The third kappa shape index (κ3) is 6.71. The van der Waals surface area contributed by atoms with Gasteiger partial charge in [-0.05, 0) is 34.4 Å². The Labute approximate surface area is 240 Å². The van der Waals surface area contributed by atoms with Gasteiger partial charge in [0.15, 0.2) is 0 Å². The van der Waals surface area contributed by atoms with Crippen molar-refractivity contribution in [1.82, 2.24) is 0 Å². The van der Waals surface area contributed by atoms with Crippen LogP contribution in [0.15, 0.2) is 127 Å². The van der Waals surface area contributed by atoms with Crippen LogP contribution in [0.4, 0.5) is 0 Å². The minimum absolute atomic E-state index is 0.387. The molecule has 0 unspecified atom stereocenters. The van der Waals surface area contributed by atoms with Gasteiger partial charge in [-0.1, -0.05) is 103 Å². The summed E-state index contributed by atoms with van der Waals surface area (Å²) >= 11 is 0. The zero-order valence-corrected chi connectivity index (χ0v) is 22.7. The van der Waals surface area contributed by atoms with Gasteiger partial charge in [0.25, 0.3) is 0 Å². The summed E-state index contributed by atoms with van der Waals surface area (Å²) < 4.78 is 24.9. The Hall–Kier alpha value is -4.74. The molecule has 2 atom stereocenters. The third-order valence-corrected chi connectivity index (χ3v) is 7.08. The summed E-state index contributed by atoms with van der Waals surface area (Å²) in [4.78, 5) is 0. The molecule has 0 amide bonds. The maximum Gasteiger partial charge on any atom is 0.150 e. The molecular formula is C36H32O5. The van der Waals surface area contributed by atoms with Crippen LogP contribution in [0.25, 0.3) is 0 Å². The number of hydrogen-bond acceptors (Lipinski definition) is 5. The van der Waals surface area contributed by atoms with Crippen LogP contribution in [-0.2, 0) is 26.2 Å². The normalized spacial score (nSPS) is 15.8. The van der Waals surface area contributed by atoms with Crippen LogP contribution in [0, 0.1) is 0 Å². The van der Waals surface area contributed by atoms with Crippen molar-refractivity contribution in [1.29, 1.82) is 0 Å². The molecule has 0 aliphatic carbocycles. The molecule has 5 heteroatoms. The first-order chi connectivity index (χ1) is 20.2. The van der Waals surface area contributed by atoms with Crippen LogP contribution in [-0.4, -0.2) is 11.2 Å².